The molecule has 0 saturated carbocycles. The van der Waals surface area contributed by atoms with Crippen molar-refractivity contribution in [2.45, 2.75) is 19.6 Å². The van der Waals surface area contributed by atoms with Crippen molar-refractivity contribution >= 4 is 23.2 Å². The van der Waals surface area contributed by atoms with E-state index in [9.17, 15) is 0 Å². The van der Waals surface area contributed by atoms with Gasteiger partial charge in [-0.3, -0.25) is 0 Å². The van der Waals surface area contributed by atoms with Crippen LogP contribution in [0.25, 0.3) is 0 Å². The van der Waals surface area contributed by atoms with E-state index in [4.69, 9.17) is 27.9 Å². The van der Waals surface area contributed by atoms with Crippen LogP contribution in [0.3, 0.4) is 0 Å². The summed E-state index contributed by atoms with van der Waals surface area (Å²) in [6.07, 6.45) is 0.205. The van der Waals surface area contributed by atoms with Gasteiger partial charge in [-0.1, -0.05) is 29.3 Å². The summed E-state index contributed by atoms with van der Waals surface area (Å²) in [6, 6.07) is 5.51. The van der Waals surface area contributed by atoms with E-state index in [-0.39, 0.29) is 6.10 Å². The molecule has 0 aliphatic heterocycles. The van der Waals surface area contributed by atoms with Crippen molar-refractivity contribution in [1.29, 1.82) is 0 Å². The molecule has 1 rings (SSSR count). The predicted molar refractivity (Wildman–Crippen MR) is 64.6 cm³/mol. The van der Waals surface area contributed by atoms with Crippen LogP contribution in [0.2, 0.25) is 10.0 Å². The highest BCUT2D eigenvalue weighted by Crippen LogP contribution is 2.20. The van der Waals surface area contributed by atoms with E-state index in [2.05, 4.69) is 5.32 Å². The molecule has 84 valence electrons. The Morgan fingerprint density at radius 3 is 2.73 bits per heavy atom. The Hall–Kier alpha value is -0.280. The van der Waals surface area contributed by atoms with Crippen LogP contribution in [0.5, 0.6) is 0 Å². The monoisotopic (exact) mass is 247 g/mol. The molecule has 0 aliphatic carbocycles. The maximum absolute atomic E-state index is 6.02. The molecule has 1 aromatic rings. The van der Waals surface area contributed by atoms with Crippen molar-refractivity contribution in [2.75, 3.05) is 13.7 Å². The van der Waals surface area contributed by atoms with Crippen LogP contribution in [0.1, 0.15) is 12.5 Å². The lowest BCUT2D eigenvalue weighted by molar-refractivity contribution is 0.117. The standard InChI is InChI=1S/C11H15Cl2NO/c1-8(15-2)6-14-7-9-3-4-10(12)5-11(9)13/h3-5,8,14H,6-7H2,1-2H3. The summed E-state index contributed by atoms with van der Waals surface area (Å²) in [6.45, 7) is 3.54. The maximum Gasteiger partial charge on any atom is 0.0667 e. The fourth-order valence-electron chi connectivity index (χ4n) is 1.16. The molecule has 0 spiro atoms. The first-order valence-corrected chi connectivity index (χ1v) is 5.56. The zero-order valence-electron chi connectivity index (χ0n) is 8.89. The molecule has 0 aromatic heterocycles. The molecule has 0 saturated heterocycles. The van der Waals surface area contributed by atoms with Crippen LogP contribution in [-0.4, -0.2) is 19.8 Å². The molecule has 0 aliphatic rings. The van der Waals surface area contributed by atoms with Crippen molar-refractivity contribution < 1.29 is 4.74 Å². The summed E-state index contributed by atoms with van der Waals surface area (Å²) >= 11 is 11.8. The van der Waals surface area contributed by atoms with E-state index in [1.165, 1.54) is 0 Å². The number of nitrogens with one attached hydrogen (secondary N) is 1. The Kier molecular flexibility index (Phi) is 5.40. The Morgan fingerprint density at radius 2 is 2.13 bits per heavy atom. The second kappa shape index (κ2) is 6.33. The Bertz CT molecular complexity index is 317. The quantitative estimate of drug-likeness (QED) is 0.864. The molecule has 0 amide bonds. The van der Waals surface area contributed by atoms with Gasteiger partial charge in [0.25, 0.3) is 0 Å². The van der Waals surface area contributed by atoms with E-state index in [0.29, 0.717) is 10.0 Å². The number of halogens is 2. The third-order valence-electron chi connectivity index (χ3n) is 2.16. The number of methoxy groups -OCH3 is 1. The molecule has 0 heterocycles. The Balaban J connectivity index is 2.44. The molecule has 1 aromatic carbocycles. The first-order chi connectivity index (χ1) is 7.13. The van der Waals surface area contributed by atoms with E-state index in [1.807, 2.05) is 19.1 Å². The largest absolute Gasteiger partial charge is 0.380 e. The Morgan fingerprint density at radius 1 is 1.40 bits per heavy atom. The van der Waals surface area contributed by atoms with Gasteiger partial charge in [-0.05, 0) is 24.6 Å². The van der Waals surface area contributed by atoms with Gasteiger partial charge in [0.15, 0.2) is 0 Å². The second-order valence-electron chi connectivity index (χ2n) is 3.41. The average Bonchev–Trinajstić information content (AvgIpc) is 2.21. The van der Waals surface area contributed by atoms with Crippen molar-refractivity contribution in [3.05, 3.63) is 33.8 Å². The molecule has 15 heavy (non-hydrogen) atoms. The zero-order valence-corrected chi connectivity index (χ0v) is 10.4. The van der Waals surface area contributed by atoms with E-state index < -0.39 is 0 Å². The lowest BCUT2D eigenvalue weighted by Crippen LogP contribution is -2.25. The normalized spacial score (nSPS) is 12.8. The van der Waals surface area contributed by atoms with Gasteiger partial charge in [0.1, 0.15) is 0 Å². The topological polar surface area (TPSA) is 21.3 Å². The van der Waals surface area contributed by atoms with Crippen LogP contribution in [0.15, 0.2) is 18.2 Å². The molecule has 0 radical (unpaired) electrons. The molecule has 0 fully saturated rings. The van der Waals surface area contributed by atoms with E-state index in [1.54, 1.807) is 13.2 Å². The number of ether oxygens (including phenoxy) is 1. The van der Waals surface area contributed by atoms with Crippen molar-refractivity contribution in [3.8, 4) is 0 Å². The highest BCUT2D eigenvalue weighted by atomic mass is 35.5. The smallest absolute Gasteiger partial charge is 0.0667 e. The molecule has 1 N–H and O–H groups in total. The van der Waals surface area contributed by atoms with Crippen molar-refractivity contribution in [3.63, 3.8) is 0 Å². The summed E-state index contributed by atoms with van der Waals surface area (Å²) in [5, 5.41) is 4.62. The van der Waals surface area contributed by atoms with Gasteiger partial charge in [0.2, 0.25) is 0 Å². The van der Waals surface area contributed by atoms with Crippen LogP contribution in [0.4, 0.5) is 0 Å². The number of benzene rings is 1. The molecule has 1 unspecified atom stereocenters. The minimum atomic E-state index is 0.205. The molecule has 0 bridgehead atoms. The molecular weight excluding hydrogens is 233 g/mol. The van der Waals surface area contributed by atoms with Crippen LogP contribution >= 0.6 is 23.2 Å². The minimum Gasteiger partial charge on any atom is -0.380 e. The van der Waals surface area contributed by atoms with Crippen LogP contribution in [-0.2, 0) is 11.3 Å². The fourth-order valence-corrected chi connectivity index (χ4v) is 1.63. The zero-order chi connectivity index (χ0) is 11.3. The van der Waals surface area contributed by atoms with Gasteiger partial charge in [-0.25, -0.2) is 0 Å². The van der Waals surface area contributed by atoms with Gasteiger partial charge in [0.05, 0.1) is 6.10 Å². The lowest BCUT2D eigenvalue weighted by Gasteiger charge is -2.11. The number of rotatable bonds is 5. The summed E-state index contributed by atoms with van der Waals surface area (Å²) in [5.74, 6) is 0. The first-order valence-electron chi connectivity index (χ1n) is 4.81. The van der Waals surface area contributed by atoms with Crippen molar-refractivity contribution in [2.24, 2.45) is 0 Å². The highest BCUT2D eigenvalue weighted by molar-refractivity contribution is 6.35. The fraction of sp³-hybridized carbons (Fsp3) is 0.455. The van der Waals surface area contributed by atoms with E-state index >= 15 is 0 Å². The summed E-state index contributed by atoms with van der Waals surface area (Å²) in [4.78, 5) is 0. The molecule has 1 atom stereocenters. The van der Waals surface area contributed by atoms with Gasteiger partial charge in [0, 0.05) is 30.2 Å². The van der Waals surface area contributed by atoms with Gasteiger partial charge in [-0.2, -0.15) is 0 Å². The summed E-state index contributed by atoms with van der Waals surface area (Å²) in [5.41, 5.74) is 1.05. The minimum absolute atomic E-state index is 0.205. The van der Waals surface area contributed by atoms with Gasteiger partial charge in [-0.15, -0.1) is 0 Å². The lowest BCUT2D eigenvalue weighted by atomic mass is 10.2. The van der Waals surface area contributed by atoms with Crippen molar-refractivity contribution in [1.82, 2.24) is 5.32 Å². The molecular formula is C11H15Cl2NO. The number of hydrogen-bond donors (Lipinski definition) is 1. The second-order valence-corrected chi connectivity index (χ2v) is 4.26. The predicted octanol–water partition coefficient (Wildman–Crippen LogP) is 3.12. The van der Waals surface area contributed by atoms with Crippen LogP contribution < -0.4 is 5.32 Å². The summed E-state index contributed by atoms with van der Waals surface area (Å²) < 4.78 is 5.12. The number of hydrogen-bond acceptors (Lipinski definition) is 2. The highest BCUT2D eigenvalue weighted by Gasteiger charge is 2.02. The maximum atomic E-state index is 6.02. The summed E-state index contributed by atoms with van der Waals surface area (Å²) in [7, 11) is 1.70. The third-order valence-corrected chi connectivity index (χ3v) is 2.75. The van der Waals surface area contributed by atoms with Gasteiger partial charge >= 0.3 is 0 Å². The average molecular weight is 248 g/mol. The SMILES string of the molecule is COC(C)CNCc1ccc(Cl)cc1Cl. The Labute approximate surface area is 101 Å². The van der Waals surface area contributed by atoms with E-state index in [0.717, 1.165) is 18.7 Å². The third kappa shape index (κ3) is 4.39. The molecule has 2 nitrogen and oxygen atoms in total. The first kappa shape index (κ1) is 12.8. The molecule has 4 heteroatoms. The van der Waals surface area contributed by atoms with Gasteiger partial charge < -0.3 is 10.1 Å². The van der Waals surface area contributed by atoms with Crippen LogP contribution in [0, 0.1) is 0 Å².